The molecule has 0 atom stereocenters. The highest BCUT2D eigenvalue weighted by atomic mass is 16.5. The van der Waals surface area contributed by atoms with E-state index in [1.54, 1.807) is 0 Å². The first kappa shape index (κ1) is 11.7. The van der Waals surface area contributed by atoms with Gasteiger partial charge in [-0.25, -0.2) is 0 Å². The van der Waals surface area contributed by atoms with Crippen LogP contribution < -0.4 is 0 Å². The molecule has 0 bridgehead atoms. The van der Waals surface area contributed by atoms with Crippen molar-refractivity contribution in [3.8, 4) is 0 Å². The van der Waals surface area contributed by atoms with Gasteiger partial charge in [-0.1, -0.05) is 18.2 Å². The van der Waals surface area contributed by atoms with E-state index in [4.69, 9.17) is 9.84 Å². The number of aliphatic hydroxyl groups is 1. The summed E-state index contributed by atoms with van der Waals surface area (Å²) in [5.74, 6) is -0.281. The molecule has 0 amide bonds. The smallest absolute Gasteiger partial charge is 0.307 e. The lowest BCUT2D eigenvalue weighted by Crippen LogP contribution is -2.11. The minimum Gasteiger partial charge on any atom is -0.463 e. The van der Waals surface area contributed by atoms with Crippen LogP contribution in [0.1, 0.15) is 6.42 Å². The summed E-state index contributed by atoms with van der Waals surface area (Å²) in [6, 6.07) is 10.0. The van der Waals surface area contributed by atoms with Crippen molar-refractivity contribution in [2.24, 2.45) is 0 Å². The maximum Gasteiger partial charge on any atom is 0.307 e. The van der Waals surface area contributed by atoms with E-state index in [2.05, 4.69) is 0 Å². The summed E-state index contributed by atoms with van der Waals surface area (Å²) in [6.07, 6.45) is 2.28. The van der Waals surface area contributed by atoms with Crippen molar-refractivity contribution >= 4 is 16.9 Å². The average molecular weight is 233 g/mol. The quantitative estimate of drug-likeness (QED) is 0.797. The minimum atomic E-state index is -0.281. The molecule has 0 unspecified atom stereocenters. The van der Waals surface area contributed by atoms with Crippen molar-refractivity contribution in [2.75, 3.05) is 13.2 Å². The zero-order chi connectivity index (χ0) is 12.1. The lowest BCUT2D eigenvalue weighted by molar-refractivity contribution is -0.144. The van der Waals surface area contributed by atoms with E-state index in [1.165, 1.54) is 0 Å². The second-order valence-corrected chi connectivity index (χ2v) is 3.76. The van der Waals surface area contributed by atoms with Crippen LogP contribution in [0.2, 0.25) is 0 Å². The zero-order valence-corrected chi connectivity index (χ0v) is 9.50. The summed E-state index contributed by atoms with van der Waals surface area (Å²) in [7, 11) is 0. The predicted molar refractivity (Wildman–Crippen MR) is 64.6 cm³/mol. The number of aliphatic hydroxyl groups excluding tert-OH is 1. The van der Waals surface area contributed by atoms with E-state index in [-0.39, 0.29) is 19.2 Å². The number of fused-ring (bicyclic) bond motifs is 1. The summed E-state index contributed by atoms with van der Waals surface area (Å²) in [5, 5.41) is 9.69. The van der Waals surface area contributed by atoms with Gasteiger partial charge < -0.3 is 14.4 Å². The predicted octanol–water partition coefficient (Wildman–Crippen LogP) is 1.57. The fourth-order valence-corrected chi connectivity index (χ4v) is 1.78. The molecule has 90 valence electrons. The molecule has 1 aromatic carbocycles. The maximum absolute atomic E-state index is 11.3. The van der Waals surface area contributed by atoms with Crippen LogP contribution in [0.25, 0.3) is 10.9 Å². The average Bonchev–Trinajstić information content (AvgIpc) is 2.77. The Morgan fingerprint density at radius 2 is 2.12 bits per heavy atom. The molecular formula is C13H15NO3. The molecule has 0 saturated carbocycles. The van der Waals surface area contributed by atoms with Crippen molar-refractivity contribution in [1.29, 1.82) is 0 Å². The van der Waals surface area contributed by atoms with E-state index in [1.807, 2.05) is 41.1 Å². The largest absolute Gasteiger partial charge is 0.463 e. The second-order valence-electron chi connectivity index (χ2n) is 3.76. The van der Waals surface area contributed by atoms with Gasteiger partial charge in [0.15, 0.2) is 0 Å². The van der Waals surface area contributed by atoms with Gasteiger partial charge in [0.05, 0.1) is 13.0 Å². The summed E-state index contributed by atoms with van der Waals surface area (Å²) in [6.45, 7) is 0.543. The number of ether oxygens (including phenoxy) is 1. The van der Waals surface area contributed by atoms with Crippen LogP contribution in [0.4, 0.5) is 0 Å². The van der Waals surface area contributed by atoms with Crippen LogP contribution in [-0.2, 0) is 16.1 Å². The Bertz CT molecular complexity index is 504. The molecule has 2 rings (SSSR count). The molecule has 0 aliphatic heterocycles. The van der Waals surface area contributed by atoms with Gasteiger partial charge in [0.2, 0.25) is 0 Å². The fourth-order valence-electron chi connectivity index (χ4n) is 1.78. The fraction of sp³-hybridized carbons (Fsp3) is 0.308. The van der Waals surface area contributed by atoms with Gasteiger partial charge in [0.1, 0.15) is 6.61 Å². The Morgan fingerprint density at radius 3 is 2.94 bits per heavy atom. The highest BCUT2D eigenvalue weighted by Gasteiger charge is 2.04. The number of rotatable bonds is 5. The Hall–Kier alpha value is -1.81. The summed E-state index contributed by atoms with van der Waals surface area (Å²) >= 11 is 0. The van der Waals surface area contributed by atoms with Crippen LogP contribution in [0.5, 0.6) is 0 Å². The number of aryl methyl sites for hydroxylation is 1. The molecular weight excluding hydrogens is 218 g/mol. The number of nitrogens with zero attached hydrogens (tertiary/aromatic N) is 1. The molecule has 17 heavy (non-hydrogen) atoms. The Labute approximate surface area is 99.4 Å². The molecule has 0 saturated heterocycles. The summed E-state index contributed by atoms with van der Waals surface area (Å²) < 4.78 is 6.82. The molecule has 4 heteroatoms. The molecule has 0 aliphatic rings. The summed E-state index contributed by atoms with van der Waals surface area (Å²) in [4.78, 5) is 11.3. The molecule has 1 aromatic heterocycles. The van der Waals surface area contributed by atoms with Crippen molar-refractivity contribution < 1.29 is 14.6 Å². The standard InChI is InChI=1S/C13H15NO3/c15-9-10-17-13(16)6-8-14-7-5-11-3-1-2-4-12(11)14/h1-5,7,15H,6,8-10H2. The van der Waals surface area contributed by atoms with Gasteiger partial charge in [-0.15, -0.1) is 0 Å². The third kappa shape index (κ3) is 2.85. The minimum absolute atomic E-state index is 0.0747. The molecule has 4 nitrogen and oxygen atoms in total. The number of benzene rings is 1. The highest BCUT2D eigenvalue weighted by molar-refractivity contribution is 5.80. The molecule has 0 radical (unpaired) electrons. The number of carbonyl (C=O) groups excluding carboxylic acids is 1. The third-order valence-corrected chi connectivity index (χ3v) is 2.59. The van der Waals surface area contributed by atoms with Gasteiger partial charge in [0.25, 0.3) is 0 Å². The van der Waals surface area contributed by atoms with Crippen LogP contribution in [0.3, 0.4) is 0 Å². The zero-order valence-electron chi connectivity index (χ0n) is 9.50. The van der Waals surface area contributed by atoms with Crippen molar-refractivity contribution in [1.82, 2.24) is 4.57 Å². The van der Waals surface area contributed by atoms with Crippen molar-refractivity contribution in [3.05, 3.63) is 36.5 Å². The highest BCUT2D eigenvalue weighted by Crippen LogP contribution is 2.15. The van der Waals surface area contributed by atoms with E-state index in [0.717, 1.165) is 10.9 Å². The number of para-hydroxylation sites is 1. The van der Waals surface area contributed by atoms with Gasteiger partial charge in [-0.2, -0.15) is 0 Å². The molecule has 0 spiro atoms. The van der Waals surface area contributed by atoms with Crippen LogP contribution >= 0.6 is 0 Å². The number of esters is 1. The molecule has 1 N–H and O–H groups in total. The Balaban J connectivity index is 1.97. The normalized spacial score (nSPS) is 10.6. The van der Waals surface area contributed by atoms with Crippen LogP contribution in [-0.4, -0.2) is 28.9 Å². The first-order valence-corrected chi connectivity index (χ1v) is 5.61. The van der Waals surface area contributed by atoms with Gasteiger partial charge >= 0.3 is 5.97 Å². The number of carbonyl (C=O) groups is 1. The number of aromatic nitrogens is 1. The van der Waals surface area contributed by atoms with Gasteiger partial charge in [-0.05, 0) is 17.5 Å². The SMILES string of the molecule is O=C(CCn1ccc2ccccc21)OCCO. The maximum atomic E-state index is 11.3. The lowest BCUT2D eigenvalue weighted by atomic mass is 10.2. The van der Waals surface area contributed by atoms with E-state index in [9.17, 15) is 4.79 Å². The second kappa shape index (κ2) is 5.50. The van der Waals surface area contributed by atoms with Gasteiger partial charge in [0, 0.05) is 18.3 Å². The third-order valence-electron chi connectivity index (χ3n) is 2.59. The van der Waals surface area contributed by atoms with Crippen molar-refractivity contribution in [3.63, 3.8) is 0 Å². The Morgan fingerprint density at radius 1 is 1.29 bits per heavy atom. The van der Waals surface area contributed by atoms with Gasteiger partial charge in [-0.3, -0.25) is 4.79 Å². The van der Waals surface area contributed by atoms with Crippen LogP contribution in [0.15, 0.2) is 36.5 Å². The lowest BCUT2D eigenvalue weighted by Gasteiger charge is -2.05. The van der Waals surface area contributed by atoms with E-state index in [0.29, 0.717) is 13.0 Å². The van der Waals surface area contributed by atoms with E-state index >= 15 is 0 Å². The topological polar surface area (TPSA) is 51.5 Å². The monoisotopic (exact) mass is 233 g/mol. The summed E-state index contributed by atoms with van der Waals surface area (Å²) in [5.41, 5.74) is 1.11. The number of hydrogen-bond donors (Lipinski definition) is 1. The van der Waals surface area contributed by atoms with Crippen LogP contribution in [0, 0.1) is 0 Å². The molecule has 0 aliphatic carbocycles. The van der Waals surface area contributed by atoms with Crippen molar-refractivity contribution in [2.45, 2.75) is 13.0 Å². The molecule has 0 fully saturated rings. The molecule has 1 heterocycles. The first-order valence-electron chi connectivity index (χ1n) is 5.61. The number of hydrogen-bond acceptors (Lipinski definition) is 3. The molecule has 2 aromatic rings. The Kier molecular flexibility index (Phi) is 3.77. The van der Waals surface area contributed by atoms with E-state index < -0.39 is 0 Å². The first-order chi connectivity index (χ1) is 8.31.